The molecule has 1 amide bonds. The third-order valence-electron chi connectivity index (χ3n) is 1.98. The Morgan fingerprint density at radius 2 is 1.88 bits per heavy atom. The molecule has 0 aliphatic rings. The van der Waals surface area contributed by atoms with Crippen LogP contribution in [0.2, 0.25) is 0 Å². The number of hydrogen-bond donors (Lipinski definition) is 3. The molecule has 0 rings (SSSR count). The number of carbonyl (C=O) groups excluding carboxylic acids is 1. The number of aliphatic carboxylic acids is 2. The fraction of sp³-hybridized carbons (Fsp3) is 0.667. The standard InChI is InChI=1S/C9H15NO6/c1-5(16-2)8(13)10-6(9(14)15)3-4-7(11)12/h5-6H,3-4H2,1-2H3,(H,10,13)(H,11,12)(H,14,15). The van der Waals surface area contributed by atoms with Crippen molar-refractivity contribution in [2.45, 2.75) is 31.9 Å². The molecule has 2 atom stereocenters. The van der Waals surface area contributed by atoms with Gasteiger partial charge in [-0.25, -0.2) is 4.79 Å². The number of methoxy groups -OCH3 is 1. The molecule has 0 aromatic carbocycles. The zero-order valence-corrected chi connectivity index (χ0v) is 9.10. The maximum absolute atomic E-state index is 11.3. The minimum Gasteiger partial charge on any atom is -0.481 e. The summed E-state index contributed by atoms with van der Waals surface area (Å²) in [6.07, 6.45) is -1.25. The molecule has 0 aliphatic carbocycles. The Kier molecular flexibility index (Phi) is 6.09. The van der Waals surface area contributed by atoms with Gasteiger partial charge in [-0.05, 0) is 13.3 Å². The molecule has 0 aromatic heterocycles. The first-order valence-electron chi connectivity index (χ1n) is 4.66. The predicted octanol–water partition coefficient (Wildman–Crippen LogP) is -0.544. The molecule has 0 spiro atoms. The fourth-order valence-electron chi connectivity index (χ4n) is 0.921. The lowest BCUT2D eigenvalue weighted by Crippen LogP contribution is -2.45. The van der Waals surface area contributed by atoms with E-state index in [1.807, 2.05) is 0 Å². The summed E-state index contributed by atoms with van der Waals surface area (Å²) in [4.78, 5) is 32.3. The maximum Gasteiger partial charge on any atom is 0.326 e. The Hall–Kier alpha value is -1.63. The molecule has 0 fully saturated rings. The number of nitrogens with one attached hydrogen (secondary N) is 1. The Balaban J connectivity index is 4.28. The van der Waals surface area contributed by atoms with E-state index < -0.39 is 30.0 Å². The molecule has 7 nitrogen and oxygen atoms in total. The van der Waals surface area contributed by atoms with Crippen LogP contribution in [-0.2, 0) is 19.1 Å². The summed E-state index contributed by atoms with van der Waals surface area (Å²) < 4.78 is 4.70. The third-order valence-corrected chi connectivity index (χ3v) is 1.98. The van der Waals surface area contributed by atoms with Crippen LogP contribution in [-0.4, -0.2) is 47.3 Å². The van der Waals surface area contributed by atoms with E-state index >= 15 is 0 Å². The van der Waals surface area contributed by atoms with Gasteiger partial charge in [0.1, 0.15) is 12.1 Å². The average Bonchev–Trinajstić information content (AvgIpc) is 2.21. The SMILES string of the molecule is COC(C)C(=O)NC(CCC(=O)O)C(=O)O. The second-order valence-corrected chi connectivity index (χ2v) is 3.21. The lowest BCUT2D eigenvalue weighted by atomic mass is 10.1. The van der Waals surface area contributed by atoms with Gasteiger partial charge in [-0.2, -0.15) is 0 Å². The van der Waals surface area contributed by atoms with Crippen molar-refractivity contribution in [2.24, 2.45) is 0 Å². The first-order valence-corrected chi connectivity index (χ1v) is 4.66. The van der Waals surface area contributed by atoms with E-state index in [1.54, 1.807) is 0 Å². The Bertz CT molecular complexity index is 277. The molecule has 2 unspecified atom stereocenters. The molecular weight excluding hydrogens is 218 g/mol. The lowest BCUT2D eigenvalue weighted by Gasteiger charge is -2.16. The highest BCUT2D eigenvalue weighted by atomic mass is 16.5. The van der Waals surface area contributed by atoms with Crippen molar-refractivity contribution in [3.8, 4) is 0 Å². The van der Waals surface area contributed by atoms with Gasteiger partial charge < -0.3 is 20.3 Å². The lowest BCUT2D eigenvalue weighted by molar-refractivity contribution is -0.144. The van der Waals surface area contributed by atoms with Gasteiger partial charge in [0.2, 0.25) is 5.91 Å². The Morgan fingerprint density at radius 3 is 2.25 bits per heavy atom. The molecule has 3 N–H and O–H groups in total. The summed E-state index contributed by atoms with van der Waals surface area (Å²) in [7, 11) is 1.32. The van der Waals surface area contributed by atoms with Crippen LogP contribution < -0.4 is 5.32 Å². The van der Waals surface area contributed by atoms with E-state index in [4.69, 9.17) is 14.9 Å². The second-order valence-electron chi connectivity index (χ2n) is 3.21. The normalized spacial score (nSPS) is 13.9. The van der Waals surface area contributed by atoms with Crippen molar-refractivity contribution >= 4 is 17.8 Å². The van der Waals surface area contributed by atoms with Crippen molar-refractivity contribution in [3.63, 3.8) is 0 Å². The summed E-state index contributed by atoms with van der Waals surface area (Å²) in [5, 5.41) is 19.3. The highest BCUT2D eigenvalue weighted by molar-refractivity contribution is 5.86. The van der Waals surface area contributed by atoms with E-state index in [2.05, 4.69) is 5.32 Å². The quantitative estimate of drug-likeness (QED) is 0.544. The van der Waals surface area contributed by atoms with Gasteiger partial charge in [-0.1, -0.05) is 0 Å². The number of hydrogen-bond acceptors (Lipinski definition) is 4. The summed E-state index contributed by atoms with van der Waals surface area (Å²) >= 11 is 0. The monoisotopic (exact) mass is 233 g/mol. The third kappa shape index (κ3) is 5.30. The molecular formula is C9H15NO6. The first kappa shape index (κ1) is 14.4. The number of carboxylic acid groups (broad SMARTS) is 2. The van der Waals surface area contributed by atoms with Crippen molar-refractivity contribution < 1.29 is 29.3 Å². The average molecular weight is 233 g/mol. The van der Waals surface area contributed by atoms with Gasteiger partial charge in [0.05, 0.1) is 0 Å². The first-order chi connectivity index (χ1) is 7.38. The number of carbonyl (C=O) groups is 3. The minimum atomic E-state index is -1.27. The number of rotatable bonds is 7. The summed E-state index contributed by atoms with van der Waals surface area (Å²) in [6.45, 7) is 1.46. The Labute approximate surface area is 92.4 Å². The topological polar surface area (TPSA) is 113 Å². The molecule has 0 aliphatic heterocycles. The molecule has 0 saturated heterocycles. The van der Waals surface area contributed by atoms with Crippen LogP contribution in [0.25, 0.3) is 0 Å². The van der Waals surface area contributed by atoms with E-state index in [0.29, 0.717) is 0 Å². The smallest absolute Gasteiger partial charge is 0.326 e. The van der Waals surface area contributed by atoms with E-state index in [9.17, 15) is 14.4 Å². The van der Waals surface area contributed by atoms with Crippen LogP contribution in [0.15, 0.2) is 0 Å². The van der Waals surface area contributed by atoms with Crippen molar-refractivity contribution in [2.75, 3.05) is 7.11 Å². The number of amides is 1. The van der Waals surface area contributed by atoms with Crippen LogP contribution in [0, 0.1) is 0 Å². The summed E-state index contributed by atoms with van der Waals surface area (Å²) in [5.41, 5.74) is 0. The van der Waals surface area contributed by atoms with Crippen molar-refractivity contribution in [3.05, 3.63) is 0 Å². The minimum absolute atomic E-state index is 0.160. The van der Waals surface area contributed by atoms with E-state index in [1.165, 1.54) is 14.0 Å². The summed E-state index contributed by atoms with van der Waals surface area (Å²) in [6, 6.07) is -1.21. The van der Waals surface area contributed by atoms with Crippen LogP contribution in [0.1, 0.15) is 19.8 Å². The Morgan fingerprint density at radius 1 is 1.31 bits per heavy atom. The zero-order valence-electron chi connectivity index (χ0n) is 9.10. The molecule has 0 saturated carbocycles. The molecule has 0 aromatic rings. The highest BCUT2D eigenvalue weighted by Crippen LogP contribution is 1.99. The fourth-order valence-corrected chi connectivity index (χ4v) is 0.921. The largest absolute Gasteiger partial charge is 0.481 e. The van der Waals surface area contributed by atoms with Gasteiger partial charge in [0.25, 0.3) is 0 Å². The van der Waals surface area contributed by atoms with E-state index in [0.717, 1.165) is 0 Å². The van der Waals surface area contributed by atoms with Gasteiger partial charge in [0.15, 0.2) is 0 Å². The van der Waals surface area contributed by atoms with Crippen molar-refractivity contribution in [1.82, 2.24) is 5.32 Å². The van der Waals surface area contributed by atoms with Crippen LogP contribution in [0.3, 0.4) is 0 Å². The van der Waals surface area contributed by atoms with Gasteiger partial charge in [-0.3, -0.25) is 9.59 Å². The maximum atomic E-state index is 11.3. The van der Waals surface area contributed by atoms with Gasteiger partial charge >= 0.3 is 11.9 Å². The van der Waals surface area contributed by atoms with E-state index in [-0.39, 0.29) is 12.8 Å². The van der Waals surface area contributed by atoms with Crippen LogP contribution in [0.5, 0.6) is 0 Å². The van der Waals surface area contributed by atoms with Crippen LogP contribution in [0.4, 0.5) is 0 Å². The molecule has 7 heteroatoms. The molecule has 0 bridgehead atoms. The highest BCUT2D eigenvalue weighted by Gasteiger charge is 2.23. The van der Waals surface area contributed by atoms with Crippen molar-refractivity contribution in [1.29, 1.82) is 0 Å². The number of ether oxygens (including phenoxy) is 1. The molecule has 16 heavy (non-hydrogen) atoms. The molecule has 0 radical (unpaired) electrons. The number of carboxylic acids is 2. The zero-order chi connectivity index (χ0) is 12.7. The predicted molar refractivity (Wildman–Crippen MR) is 52.9 cm³/mol. The molecule has 0 heterocycles. The van der Waals surface area contributed by atoms with Crippen LogP contribution >= 0.6 is 0 Å². The molecule has 92 valence electrons. The summed E-state index contributed by atoms with van der Waals surface area (Å²) in [5.74, 6) is -2.96. The van der Waals surface area contributed by atoms with Gasteiger partial charge in [0, 0.05) is 13.5 Å². The second kappa shape index (κ2) is 6.78. The van der Waals surface area contributed by atoms with Gasteiger partial charge in [-0.15, -0.1) is 0 Å².